The minimum absolute atomic E-state index is 0.0329. The number of hydrogen-bond donors (Lipinski definition) is 1. The molecule has 1 aliphatic rings. The van der Waals surface area contributed by atoms with Crippen LogP contribution in [0.2, 0.25) is 0 Å². The van der Waals surface area contributed by atoms with Crippen molar-refractivity contribution in [2.24, 2.45) is 13.0 Å². The molecule has 1 aromatic carbocycles. The van der Waals surface area contributed by atoms with Gasteiger partial charge in [-0.1, -0.05) is 24.3 Å². The molecule has 26 heavy (non-hydrogen) atoms. The first kappa shape index (κ1) is 16.9. The van der Waals surface area contributed by atoms with E-state index in [9.17, 15) is 9.90 Å². The predicted octanol–water partition coefficient (Wildman–Crippen LogP) is 1.97. The second-order valence-corrected chi connectivity index (χ2v) is 7.16. The fourth-order valence-corrected chi connectivity index (χ4v) is 3.90. The number of benzene rings is 1. The molecule has 2 aromatic heterocycles. The first-order valence-corrected chi connectivity index (χ1v) is 8.99. The second kappa shape index (κ2) is 7.02. The third kappa shape index (κ3) is 3.28. The zero-order valence-electron chi connectivity index (χ0n) is 14.9. The Balaban J connectivity index is 1.50. The molecule has 0 amide bonds. The predicted molar refractivity (Wildman–Crippen MR) is 102 cm³/mol. The van der Waals surface area contributed by atoms with Crippen LogP contribution in [0.3, 0.4) is 0 Å². The number of rotatable bonds is 4. The van der Waals surface area contributed by atoms with Gasteiger partial charge >= 0.3 is 0 Å². The van der Waals surface area contributed by atoms with Crippen LogP contribution in [0.5, 0.6) is 0 Å². The number of aliphatic hydroxyl groups is 1. The Kier molecular flexibility index (Phi) is 4.57. The lowest BCUT2D eigenvalue weighted by Gasteiger charge is -2.16. The minimum Gasteiger partial charge on any atom is -0.391 e. The number of fused-ring (bicyclic) bond motifs is 1. The number of β-amino-alcohol motifs (C(OH)–C–C–N with tert-alkyl or cyclic N) is 1. The normalized spacial score (nSPS) is 20.7. The van der Waals surface area contributed by atoms with E-state index in [2.05, 4.69) is 16.0 Å². The van der Waals surface area contributed by atoms with Crippen LogP contribution in [-0.2, 0) is 20.0 Å². The summed E-state index contributed by atoms with van der Waals surface area (Å²) in [6.45, 7) is 1.97. The Morgan fingerprint density at radius 3 is 2.85 bits per heavy atom. The van der Waals surface area contributed by atoms with Crippen molar-refractivity contribution < 1.29 is 5.11 Å². The molecule has 1 aliphatic heterocycles. The lowest BCUT2D eigenvalue weighted by Crippen LogP contribution is -2.28. The summed E-state index contributed by atoms with van der Waals surface area (Å²) in [6.07, 6.45) is 4.04. The molecule has 0 bridgehead atoms. The first-order chi connectivity index (χ1) is 12.6. The smallest absolute Gasteiger partial charge is 0.254 e. The zero-order valence-corrected chi connectivity index (χ0v) is 14.9. The topological polar surface area (TPSA) is 58.4 Å². The van der Waals surface area contributed by atoms with Crippen molar-refractivity contribution >= 4 is 10.9 Å². The number of hydrogen-bond acceptors (Lipinski definition) is 4. The van der Waals surface area contributed by atoms with Gasteiger partial charge in [0.15, 0.2) is 0 Å². The van der Waals surface area contributed by atoms with Gasteiger partial charge in [-0.15, -0.1) is 0 Å². The van der Waals surface area contributed by atoms with Gasteiger partial charge in [-0.2, -0.15) is 0 Å². The number of aryl methyl sites for hydroxylation is 1. The Labute approximate surface area is 152 Å². The van der Waals surface area contributed by atoms with Gasteiger partial charge in [-0.05, 0) is 30.2 Å². The maximum Gasteiger partial charge on any atom is 0.254 e. The van der Waals surface area contributed by atoms with Crippen molar-refractivity contribution in [3.8, 4) is 0 Å². The molecule has 5 nitrogen and oxygen atoms in total. The molecule has 0 saturated carbocycles. The molecule has 0 unspecified atom stereocenters. The van der Waals surface area contributed by atoms with Crippen LogP contribution in [0.15, 0.2) is 59.7 Å². The van der Waals surface area contributed by atoms with Crippen molar-refractivity contribution in [1.82, 2.24) is 14.5 Å². The molecule has 2 atom stereocenters. The molecular formula is C21H23N3O2. The van der Waals surface area contributed by atoms with E-state index in [-0.39, 0.29) is 17.6 Å². The Morgan fingerprint density at radius 2 is 1.96 bits per heavy atom. The number of pyridine rings is 2. The standard InChI is InChI=1S/C21H23N3O2/c1-23-10-4-5-16(21(23)26)12-24-13-17(20(25)14-24)11-15-8-9-22-19-7-3-2-6-18(15)19/h2-10,17,20,25H,11-14H2,1H3/t17-,20+/m1/s1. The maximum absolute atomic E-state index is 12.2. The van der Waals surface area contributed by atoms with E-state index < -0.39 is 0 Å². The fourth-order valence-electron chi connectivity index (χ4n) is 3.90. The van der Waals surface area contributed by atoms with Crippen LogP contribution in [0.25, 0.3) is 10.9 Å². The van der Waals surface area contributed by atoms with Gasteiger partial charge in [0.25, 0.3) is 5.56 Å². The lowest BCUT2D eigenvalue weighted by molar-refractivity contribution is 0.141. The summed E-state index contributed by atoms with van der Waals surface area (Å²) in [7, 11) is 1.77. The third-order valence-electron chi connectivity index (χ3n) is 5.30. The SMILES string of the molecule is Cn1cccc(CN2C[C@@H](Cc3ccnc4ccccc34)[C@@H](O)C2)c1=O. The van der Waals surface area contributed by atoms with Crippen molar-refractivity contribution in [2.75, 3.05) is 13.1 Å². The Hall–Kier alpha value is -2.50. The average Bonchev–Trinajstić information content (AvgIpc) is 2.98. The van der Waals surface area contributed by atoms with Crippen LogP contribution in [0.1, 0.15) is 11.1 Å². The van der Waals surface area contributed by atoms with Crippen LogP contribution in [-0.4, -0.2) is 38.8 Å². The number of aromatic nitrogens is 2. The van der Waals surface area contributed by atoms with Crippen LogP contribution >= 0.6 is 0 Å². The molecule has 3 heterocycles. The number of likely N-dealkylation sites (tertiary alicyclic amines) is 1. The maximum atomic E-state index is 12.2. The monoisotopic (exact) mass is 349 g/mol. The van der Waals surface area contributed by atoms with Crippen molar-refractivity contribution in [1.29, 1.82) is 0 Å². The number of para-hydroxylation sites is 1. The molecule has 1 N–H and O–H groups in total. The third-order valence-corrected chi connectivity index (χ3v) is 5.30. The summed E-state index contributed by atoms with van der Waals surface area (Å²) < 4.78 is 1.60. The van der Waals surface area contributed by atoms with Gasteiger partial charge < -0.3 is 9.67 Å². The van der Waals surface area contributed by atoms with Crippen LogP contribution in [0, 0.1) is 5.92 Å². The number of aliphatic hydroxyl groups excluding tert-OH is 1. The summed E-state index contributed by atoms with van der Waals surface area (Å²) in [4.78, 5) is 18.8. The Bertz CT molecular complexity index is 977. The molecule has 1 fully saturated rings. The molecule has 134 valence electrons. The van der Waals surface area contributed by atoms with Gasteiger partial charge in [0.1, 0.15) is 0 Å². The summed E-state index contributed by atoms with van der Waals surface area (Å²) in [6, 6.07) is 13.9. The van der Waals surface area contributed by atoms with E-state index in [4.69, 9.17) is 0 Å². The van der Waals surface area contributed by atoms with Crippen molar-refractivity contribution in [3.05, 3.63) is 76.3 Å². The molecule has 0 spiro atoms. The highest BCUT2D eigenvalue weighted by atomic mass is 16.3. The zero-order chi connectivity index (χ0) is 18.1. The van der Waals surface area contributed by atoms with Gasteiger partial charge in [-0.25, -0.2) is 0 Å². The fraction of sp³-hybridized carbons (Fsp3) is 0.333. The summed E-state index contributed by atoms with van der Waals surface area (Å²) in [5, 5.41) is 11.7. The van der Waals surface area contributed by atoms with Crippen LogP contribution in [0.4, 0.5) is 0 Å². The molecule has 0 aliphatic carbocycles. The van der Waals surface area contributed by atoms with E-state index in [1.54, 1.807) is 17.8 Å². The first-order valence-electron chi connectivity index (χ1n) is 8.99. The van der Waals surface area contributed by atoms with E-state index >= 15 is 0 Å². The van der Waals surface area contributed by atoms with E-state index in [1.165, 1.54) is 5.56 Å². The van der Waals surface area contributed by atoms with Crippen molar-refractivity contribution in [3.63, 3.8) is 0 Å². The Morgan fingerprint density at radius 1 is 1.12 bits per heavy atom. The summed E-state index contributed by atoms with van der Waals surface area (Å²) >= 11 is 0. The summed E-state index contributed by atoms with van der Waals surface area (Å²) in [5.41, 5.74) is 3.02. The van der Waals surface area contributed by atoms with E-state index in [0.29, 0.717) is 13.1 Å². The van der Waals surface area contributed by atoms with Crippen LogP contribution < -0.4 is 5.56 Å². The molecule has 0 radical (unpaired) electrons. The molecular weight excluding hydrogens is 326 g/mol. The molecule has 1 saturated heterocycles. The second-order valence-electron chi connectivity index (χ2n) is 7.16. The lowest BCUT2D eigenvalue weighted by atomic mass is 9.94. The average molecular weight is 349 g/mol. The largest absolute Gasteiger partial charge is 0.391 e. The van der Waals surface area contributed by atoms with Gasteiger partial charge in [-0.3, -0.25) is 14.7 Å². The van der Waals surface area contributed by atoms with E-state index in [1.807, 2.05) is 42.6 Å². The van der Waals surface area contributed by atoms with Gasteiger partial charge in [0.2, 0.25) is 0 Å². The molecule has 5 heteroatoms. The highest BCUT2D eigenvalue weighted by Crippen LogP contribution is 2.26. The molecule has 4 rings (SSSR count). The van der Waals surface area contributed by atoms with E-state index in [0.717, 1.165) is 29.4 Å². The minimum atomic E-state index is -0.380. The highest BCUT2D eigenvalue weighted by Gasteiger charge is 2.31. The van der Waals surface area contributed by atoms with Crippen molar-refractivity contribution in [2.45, 2.75) is 19.1 Å². The molecule has 3 aromatic rings. The van der Waals surface area contributed by atoms with Gasteiger partial charge in [0, 0.05) is 55.9 Å². The quantitative estimate of drug-likeness (QED) is 0.782. The number of nitrogens with zero attached hydrogens (tertiary/aromatic N) is 3. The summed E-state index contributed by atoms with van der Waals surface area (Å²) in [5.74, 6) is 0.161. The van der Waals surface area contributed by atoms with Gasteiger partial charge in [0.05, 0.1) is 11.6 Å². The highest BCUT2D eigenvalue weighted by molar-refractivity contribution is 5.81.